The van der Waals surface area contributed by atoms with E-state index < -0.39 is 16.8 Å². The third-order valence-corrected chi connectivity index (χ3v) is 13.9. The molecule has 6 rings (SSSR count). The highest BCUT2D eigenvalue weighted by Crippen LogP contribution is 2.77. The van der Waals surface area contributed by atoms with Gasteiger partial charge in [0.15, 0.2) is 5.78 Å². The van der Waals surface area contributed by atoms with Crippen LogP contribution in [-0.4, -0.2) is 16.9 Å². The minimum Gasteiger partial charge on any atom is -0.481 e. The summed E-state index contributed by atoms with van der Waals surface area (Å²) in [6.07, 6.45) is 12.4. The fourth-order valence-electron chi connectivity index (χ4n) is 12.0. The van der Waals surface area contributed by atoms with Gasteiger partial charge in [-0.2, -0.15) is 0 Å². The maximum absolute atomic E-state index is 13.9. The van der Waals surface area contributed by atoms with Gasteiger partial charge in [0, 0.05) is 5.41 Å². The van der Waals surface area contributed by atoms with Crippen molar-refractivity contribution >= 4 is 17.8 Å². The Kier molecular flexibility index (Phi) is 5.88. The van der Waals surface area contributed by atoms with Crippen LogP contribution in [0.15, 0.2) is 40.5 Å². The fourth-order valence-corrected chi connectivity index (χ4v) is 12.0. The number of allylic oxidation sites excluding steroid dienone is 2. The van der Waals surface area contributed by atoms with Crippen molar-refractivity contribution in [1.29, 1.82) is 0 Å². The molecule has 1 N–H and O–H groups in total. The molecule has 0 spiro atoms. The molecule has 5 aliphatic rings. The van der Waals surface area contributed by atoms with Gasteiger partial charge < -0.3 is 9.52 Å². The van der Waals surface area contributed by atoms with Crippen molar-refractivity contribution in [3.63, 3.8) is 0 Å². The molecule has 0 aromatic carbocycles. The highest BCUT2D eigenvalue weighted by molar-refractivity contribution is 6.04. The molecule has 5 saturated carbocycles. The number of carbonyl (C=O) groups excluding carboxylic acids is 1. The SMILES string of the molecule is C=C(C)[C@@H]1CC[C@]2(C(=O)O)CC[C@]3(C)[C@H](CC[C@@H]4[C@@]5(C)CC(=Cc6ccco6)C(=O)C(C)(C)C5CC[C@]43C)C12. The molecule has 5 aliphatic carbocycles. The predicted octanol–water partition coefficient (Wildman–Crippen LogP) is 8.58. The van der Waals surface area contributed by atoms with Crippen LogP contribution in [0.1, 0.15) is 105 Å². The molecule has 4 heteroatoms. The lowest BCUT2D eigenvalue weighted by atomic mass is 9.32. The zero-order valence-electron chi connectivity index (χ0n) is 24.9. The van der Waals surface area contributed by atoms with Gasteiger partial charge in [-0.1, -0.05) is 46.8 Å². The van der Waals surface area contributed by atoms with Crippen molar-refractivity contribution in [2.75, 3.05) is 0 Å². The average Bonchev–Trinajstić information content (AvgIpc) is 3.51. The number of furan rings is 1. The molecule has 9 atom stereocenters. The number of hydrogen-bond acceptors (Lipinski definition) is 3. The topological polar surface area (TPSA) is 67.5 Å². The number of fused-ring (bicyclic) bond motifs is 7. The van der Waals surface area contributed by atoms with Gasteiger partial charge in [0.05, 0.1) is 11.7 Å². The molecule has 1 aromatic heterocycles. The minimum atomic E-state index is -0.587. The van der Waals surface area contributed by atoms with Crippen molar-refractivity contribution in [3.8, 4) is 0 Å². The summed E-state index contributed by atoms with van der Waals surface area (Å²) in [5, 5.41) is 10.6. The zero-order valence-corrected chi connectivity index (χ0v) is 24.9. The van der Waals surface area contributed by atoms with Gasteiger partial charge in [-0.3, -0.25) is 9.59 Å². The van der Waals surface area contributed by atoms with Gasteiger partial charge in [0.25, 0.3) is 0 Å². The van der Waals surface area contributed by atoms with Crippen molar-refractivity contribution < 1.29 is 19.1 Å². The first-order chi connectivity index (χ1) is 18.2. The molecule has 1 heterocycles. The Morgan fingerprint density at radius 3 is 2.38 bits per heavy atom. The molecule has 0 amide bonds. The first kappa shape index (κ1) is 27.1. The molecular formula is C35H48O4. The van der Waals surface area contributed by atoms with E-state index in [0.717, 1.165) is 69.1 Å². The molecule has 0 radical (unpaired) electrons. The van der Waals surface area contributed by atoms with Crippen molar-refractivity contribution in [2.45, 2.75) is 99.3 Å². The molecule has 39 heavy (non-hydrogen) atoms. The molecule has 2 unspecified atom stereocenters. The third kappa shape index (κ3) is 3.35. The lowest BCUT2D eigenvalue weighted by Gasteiger charge is -2.72. The molecule has 0 aliphatic heterocycles. The van der Waals surface area contributed by atoms with E-state index in [9.17, 15) is 14.7 Å². The second-order valence-electron chi connectivity index (χ2n) is 15.6. The van der Waals surface area contributed by atoms with Gasteiger partial charge in [-0.05, 0) is 134 Å². The summed E-state index contributed by atoms with van der Waals surface area (Å²) in [5.74, 6) is 2.23. The largest absolute Gasteiger partial charge is 0.481 e. The zero-order chi connectivity index (χ0) is 28.2. The molecule has 1 aromatic rings. The van der Waals surface area contributed by atoms with E-state index in [4.69, 9.17) is 4.42 Å². The van der Waals surface area contributed by atoms with Crippen LogP contribution in [0.4, 0.5) is 0 Å². The smallest absolute Gasteiger partial charge is 0.309 e. The summed E-state index contributed by atoms with van der Waals surface area (Å²) in [4.78, 5) is 26.8. The summed E-state index contributed by atoms with van der Waals surface area (Å²) < 4.78 is 5.65. The number of carboxylic acid groups (broad SMARTS) is 1. The van der Waals surface area contributed by atoms with Gasteiger partial charge in [-0.15, -0.1) is 0 Å². The van der Waals surface area contributed by atoms with Gasteiger partial charge in [0.2, 0.25) is 0 Å². The van der Waals surface area contributed by atoms with Gasteiger partial charge >= 0.3 is 5.97 Å². The quantitative estimate of drug-likeness (QED) is 0.313. The Balaban J connectivity index is 1.42. The summed E-state index contributed by atoms with van der Waals surface area (Å²) in [6.45, 7) is 18.4. The monoisotopic (exact) mass is 532 g/mol. The fraction of sp³-hybridized carbons (Fsp3) is 0.714. The van der Waals surface area contributed by atoms with Gasteiger partial charge in [0.1, 0.15) is 5.76 Å². The van der Waals surface area contributed by atoms with Crippen LogP contribution in [0, 0.1) is 56.7 Å². The van der Waals surface area contributed by atoms with Gasteiger partial charge in [-0.25, -0.2) is 0 Å². The van der Waals surface area contributed by atoms with Crippen LogP contribution >= 0.6 is 0 Å². The second kappa shape index (κ2) is 8.46. The Bertz CT molecular complexity index is 1240. The summed E-state index contributed by atoms with van der Waals surface area (Å²) in [5.41, 5.74) is 1.30. The van der Waals surface area contributed by atoms with Crippen LogP contribution in [0.25, 0.3) is 6.08 Å². The number of rotatable bonds is 3. The molecule has 0 saturated heterocycles. The normalized spacial score (nSPS) is 47.6. The molecule has 212 valence electrons. The Hall–Kier alpha value is -2.10. The second-order valence-corrected chi connectivity index (χ2v) is 15.6. The van der Waals surface area contributed by atoms with Crippen LogP contribution in [-0.2, 0) is 9.59 Å². The molecule has 0 bridgehead atoms. The molecule has 5 fully saturated rings. The van der Waals surface area contributed by atoms with Crippen LogP contribution in [0.2, 0.25) is 0 Å². The van der Waals surface area contributed by atoms with Crippen molar-refractivity contribution in [2.24, 2.45) is 56.7 Å². The Morgan fingerprint density at radius 2 is 1.74 bits per heavy atom. The van der Waals surface area contributed by atoms with Crippen molar-refractivity contribution in [1.82, 2.24) is 0 Å². The van der Waals surface area contributed by atoms with Crippen molar-refractivity contribution in [3.05, 3.63) is 41.9 Å². The molecule has 4 nitrogen and oxygen atoms in total. The van der Waals surface area contributed by atoms with Crippen LogP contribution in [0.5, 0.6) is 0 Å². The summed E-state index contributed by atoms with van der Waals surface area (Å²) in [6, 6.07) is 3.83. The highest BCUT2D eigenvalue weighted by Gasteiger charge is 2.72. The van der Waals surface area contributed by atoms with E-state index in [1.54, 1.807) is 6.26 Å². The Labute approximate surface area is 234 Å². The van der Waals surface area contributed by atoms with E-state index in [1.165, 1.54) is 5.57 Å². The Morgan fingerprint density at radius 1 is 1.00 bits per heavy atom. The number of carboxylic acids is 1. The highest BCUT2D eigenvalue weighted by atomic mass is 16.4. The summed E-state index contributed by atoms with van der Waals surface area (Å²) >= 11 is 0. The number of ketones is 1. The predicted molar refractivity (Wildman–Crippen MR) is 154 cm³/mol. The maximum Gasteiger partial charge on any atom is 0.309 e. The number of carbonyl (C=O) groups is 2. The maximum atomic E-state index is 13.9. The molecular weight excluding hydrogens is 484 g/mol. The van der Waals surface area contributed by atoms with E-state index in [2.05, 4.69) is 48.1 Å². The number of aliphatic carboxylic acids is 1. The first-order valence-corrected chi connectivity index (χ1v) is 15.4. The lowest BCUT2D eigenvalue weighted by molar-refractivity contribution is -0.231. The number of hydrogen-bond donors (Lipinski definition) is 1. The van der Waals surface area contributed by atoms with E-state index in [0.29, 0.717) is 23.7 Å². The average molecular weight is 533 g/mol. The third-order valence-electron chi connectivity index (χ3n) is 13.9. The lowest BCUT2D eigenvalue weighted by Crippen LogP contribution is -2.67. The standard InChI is InChI=1S/C35H48O4/c1-21(2)24-12-15-35(30(37)38)17-16-33(6)25(28(24)35)10-11-27-32(5)20-22(19-23-9-8-18-39-23)29(36)31(3,4)26(32)13-14-34(27,33)7/h8-9,18-19,24-28H,1,10-17,20H2,2-7H3,(H,37,38)/t24-,25+,26?,27+,28?,32-,33+,34+,35-/m0/s1. The van der Waals surface area contributed by atoms with E-state index in [-0.39, 0.29) is 27.9 Å². The number of Topliss-reactive ketones (excluding diaryl/α,β-unsaturated/α-hetero) is 1. The minimum absolute atomic E-state index is 0.0155. The van der Waals surface area contributed by atoms with Crippen LogP contribution in [0.3, 0.4) is 0 Å². The summed E-state index contributed by atoms with van der Waals surface area (Å²) in [7, 11) is 0. The first-order valence-electron chi connectivity index (χ1n) is 15.4. The van der Waals surface area contributed by atoms with E-state index in [1.807, 2.05) is 18.2 Å². The van der Waals surface area contributed by atoms with E-state index >= 15 is 0 Å². The van der Waals surface area contributed by atoms with Crippen LogP contribution < -0.4 is 0 Å².